The van der Waals surface area contributed by atoms with E-state index in [4.69, 9.17) is 14.6 Å². The van der Waals surface area contributed by atoms with Gasteiger partial charge in [0.05, 0.1) is 24.3 Å². The van der Waals surface area contributed by atoms with Gasteiger partial charge >= 0.3 is 12.1 Å². The van der Waals surface area contributed by atoms with Gasteiger partial charge in [0, 0.05) is 32.6 Å². The number of piperazine rings is 1. The van der Waals surface area contributed by atoms with E-state index in [2.05, 4.69) is 11.0 Å². The molecular weight excluding hydrogens is 324 g/mol. The normalized spacial score (nSPS) is 29.6. The number of esters is 1. The third-order valence-corrected chi connectivity index (χ3v) is 5.30. The average molecular weight is 346 g/mol. The summed E-state index contributed by atoms with van der Waals surface area (Å²) in [5.74, 6) is -0.255. The zero-order valence-corrected chi connectivity index (χ0v) is 14.2. The van der Waals surface area contributed by atoms with Crippen molar-refractivity contribution in [3.8, 4) is 0 Å². The zero-order valence-electron chi connectivity index (χ0n) is 14.2. The smallest absolute Gasteiger partial charge is 0.407 e. The lowest BCUT2D eigenvalue weighted by Gasteiger charge is -2.45. The van der Waals surface area contributed by atoms with Crippen LogP contribution >= 0.6 is 0 Å². The third kappa shape index (κ3) is 3.09. The molecule has 3 heterocycles. The molecule has 0 bridgehead atoms. The second-order valence-electron chi connectivity index (χ2n) is 7.04. The lowest BCUT2D eigenvalue weighted by atomic mass is 9.94. The van der Waals surface area contributed by atoms with E-state index in [0.29, 0.717) is 25.3 Å². The van der Waals surface area contributed by atoms with Gasteiger partial charge < -0.3 is 19.5 Å². The van der Waals surface area contributed by atoms with E-state index < -0.39 is 6.09 Å². The Hall–Kier alpha value is -2.12. The topological polar surface area (TPSA) is 79.3 Å². The highest BCUT2D eigenvalue weighted by Crippen LogP contribution is 2.30. The van der Waals surface area contributed by atoms with Crippen molar-refractivity contribution in [2.45, 2.75) is 31.6 Å². The Labute approximate surface area is 146 Å². The fraction of sp³-hybridized carbons (Fsp3) is 0.556. The molecule has 2 saturated heterocycles. The maximum absolute atomic E-state index is 11.9. The predicted octanol–water partition coefficient (Wildman–Crippen LogP) is 1.52. The number of benzene rings is 1. The minimum Gasteiger partial charge on any atom is -0.465 e. The minimum absolute atomic E-state index is 0.0498. The molecule has 7 nitrogen and oxygen atoms in total. The molecule has 0 aliphatic carbocycles. The van der Waals surface area contributed by atoms with Crippen LogP contribution in [-0.2, 0) is 15.9 Å². The van der Waals surface area contributed by atoms with E-state index in [-0.39, 0.29) is 24.2 Å². The van der Waals surface area contributed by atoms with Crippen LogP contribution in [0.1, 0.15) is 34.5 Å². The Morgan fingerprint density at radius 3 is 2.92 bits per heavy atom. The second kappa shape index (κ2) is 6.31. The van der Waals surface area contributed by atoms with Gasteiger partial charge in [-0.25, -0.2) is 9.59 Å². The largest absolute Gasteiger partial charge is 0.465 e. The average Bonchev–Trinajstić information content (AvgIpc) is 2.60. The SMILES string of the molecule is C[C@H]1Cc2cc([C@@H]3CN4CCN(C(=O)O)C[C@H]4CO3)ccc2C(=O)O1. The summed E-state index contributed by atoms with van der Waals surface area (Å²) in [6.45, 7) is 4.92. The van der Waals surface area contributed by atoms with Crippen LogP contribution in [0.5, 0.6) is 0 Å². The molecule has 1 N–H and O–H groups in total. The molecule has 134 valence electrons. The summed E-state index contributed by atoms with van der Waals surface area (Å²) in [6, 6.07) is 5.95. The Morgan fingerprint density at radius 1 is 1.28 bits per heavy atom. The van der Waals surface area contributed by atoms with Crippen molar-refractivity contribution in [1.82, 2.24) is 9.80 Å². The van der Waals surface area contributed by atoms with Crippen molar-refractivity contribution in [3.63, 3.8) is 0 Å². The molecule has 0 unspecified atom stereocenters. The standard InChI is InChI=1S/C18H22N2O5/c1-11-6-13-7-12(2-3-15(13)17(21)25-11)16-9-19-4-5-20(18(22)23)8-14(19)10-24-16/h2-3,7,11,14,16H,4-6,8-10H2,1H3,(H,22,23)/t11-,14-,16-/m0/s1. The van der Waals surface area contributed by atoms with Crippen molar-refractivity contribution >= 4 is 12.1 Å². The Morgan fingerprint density at radius 2 is 2.12 bits per heavy atom. The number of morpholine rings is 1. The van der Waals surface area contributed by atoms with Crippen LogP contribution in [0, 0.1) is 0 Å². The molecule has 1 amide bonds. The fourth-order valence-electron chi connectivity index (χ4n) is 3.94. The number of ether oxygens (including phenoxy) is 2. The van der Waals surface area contributed by atoms with Gasteiger partial charge in [-0.15, -0.1) is 0 Å². The first kappa shape index (κ1) is 16.4. The number of cyclic esters (lactones) is 1. The maximum atomic E-state index is 11.9. The van der Waals surface area contributed by atoms with Gasteiger partial charge in [0.2, 0.25) is 0 Å². The van der Waals surface area contributed by atoms with Gasteiger partial charge in [-0.1, -0.05) is 12.1 Å². The molecule has 2 fully saturated rings. The molecule has 4 rings (SSSR count). The number of rotatable bonds is 1. The van der Waals surface area contributed by atoms with Gasteiger partial charge in [-0.05, 0) is 24.1 Å². The number of fused-ring (bicyclic) bond motifs is 2. The summed E-state index contributed by atoms with van der Waals surface area (Å²) in [7, 11) is 0. The Balaban J connectivity index is 1.48. The van der Waals surface area contributed by atoms with Crippen LogP contribution in [0.25, 0.3) is 0 Å². The van der Waals surface area contributed by atoms with Crippen LogP contribution in [0.2, 0.25) is 0 Å². The van der Waals surface area contributed by atoms with Crippen LogP contribution in [0.3, 0.4) is 0 Å². The fourth-order valence-corrected chi connectivity index (χ4v) is 3.94. The van der Waals surface area contributed by atoms with Gasteiger partial charge in [0.15, 0.2) is 0 Å². The highest BCUT2D eigenvalue weighted by molar-refractivity contribution is 5.92. The van der Waals surface area contributed by atoms with Crippen molar-refractivity contribution < 1.29 is 24.2 Å². The van der Waals surface area contributed by atoms with Crippen molar-refractivity contribution in [1.29, 1.82) is 0 Å². The van der Waals surface area contributed by atoms with Crippen LogP contribution in [-0.4, -0.2) is 71.9 Å². The van der Waals surface area contributed by atoms with Gasteiger partial charge in [0.1, 0.15) is 6.10 Å². The molecule has 0 saturated carbocycles. The molecule has 7 heteroatoms. The second-order valence-corrected chi connectivity index (χ2v) is 7.04. The molecule has 3 atom stereocenters. The molecule has 1 aromatic carbocycles. The quantitative estimate of drug-likeness (QED) is 0.777. The summed E-state index contributed by atoms with van der Waals surface area (Å²) in [4.78, 5) is 26.8. The first-order valence-corrected chi connectivity index (χ1v) is 8.68. The molecule has 3 aliphatic rings. The van der Waals surface area contributed by atoms with Crippen LogP contribution < -0.4 is 0 Å². The van der Waals surface area contributed by atoms with E-state index in [1.165, 1.54) is 4.90 Å². The number of hydrogen-bond donors (Lipinski definition) is 1. The number of carbonyl (C=O) groups excluding carboxylic acids is 1. The monoisotopic (exact) mass is 346 g/mol. The molecule has 1 aromatic rings. The summed E-state index contributed by atoms with van der Waals surface area (Å²) >= 11 is 0. The lowest BCUT2D eigenvalue weighted by Crippen LogP contribution is -2.59. The number of carbonyl (C=O) groups is 2. The van der Waals surface area contributed by atoms with Crippen LogP contribution in [0.4, 0.5) is 4.79 Å². The van der Waals surface area contributed by atoms with Crippen LogP contribution in [0.15, 0.2) is 18.2 Å². The third-order valence-electron chi connectivity index (χ3n) is 5.30. The van der Waals surface area contributed by atoms with Crippen molar-refractivity contribution in [3.05, 3.63) is 34.9 Å². The van der Waals surface area contributed by atoms with Gasteiger partial charge in [-0.3, -0.25) is 4.90 Å². The highest BCUT2D eigenvalue weighted by Gasteiger charge is 2.36. The first-order valence-electron chi connectivity index (χ1n) is 8.68. The summed E-state index contributed by atoms with van der Waals surface area (Å²) in [5, 5.41) is 9.14. The van der Waals surface area contributed by atoms with Gasteiger partial charge in [0.25, 0.3) is 0 Å². The van der Waals surface area contributed by atoms with Crippen molar-refractivity contribution in [2.24, 2.45) is 0 Å². The summed E-state index contributed by atoms with van der Waals surface area (Å²) < 4.78 is 11.3. The molecular formula is C18H22N2O5. The number of amides is 1. The number of carboxylic acid groups (broad SMARTS) is 1. The van der Waals surface area contributed by atoms with E-state index >= 15 is 0 Å². The zero-order chi connectivity index (χ0) is 17.6. The minimum atomic E-state index is -0.863. The van der Waals surface area contributed by atoms with E-state index in [9.17, 15) is 9.59 Å². The van der Waals surface area contributed by atoms with Gasteiger partial charge in [-0.2, -0.15) is 0 Å². The molecule has 0 aromatic heterocycles. The maximum Gasteiger partial charge on any atom is 0.407 e. The van der Waals surface area contributed by atoms with E-state index in [0.717, 1.165) is 30.6 Å². The number of nitrogens with zero attached hydrogens (tertiary/aromatic N) is 2. The molecule has 3 aliphatic heterocycles. The molecule has 25 heavy (non-hydrogen) atoms. The lowest BCUT2D eigenvalue weighted by molar-refractivity contribution is -0.0867. The molecule has 0 spiro atoms. The van der Waals surface area contributed by atoms with E-state index in [1.807, 2.05) is 19.1 Å². The highest BCUT2D eigenvalue weighted by atomic mass is 16.5. The molecule has 0 radical (unpaired) electrons. The first-order chi connectivity index (χ1) is 12.0. The number of hydrogen-bond acceptors (Lipinski definition) is 5. The van der Waals surface area contributed by atoms with E-state index in [1.54, 1.807) is 0 Å². The summed E-state index contributed by atoms with van der Waals surface area (Å²) in [5.41, 5.74) is 2.73. The Kier molecular flexibility index (Phi) is 4.13. The van der Waals surface area contributed by atoms with Crippen molar-refractivity contribution in [2.75, 3.05) is 32.8 Å². The summed E-state index contributed by atoms with van der Waals surface area (Å²) in [6.07, 6.45) is -0.290. The predicted molar refractivity (Wildman–Crippen MR) is 88.7 cm³/mol. The Bertz CT molecular complexity index is 707.